The molecule has 0 bridgehead atoms. The molecule has 0 saturated heterocycles. The predicted molar refractivity (Wildman–Crippen MR) is 297 cm³/mol. The third-order valence-corrected chi connectivity index (χ3v) is 12.4. The molecule has 0 saturated carbocycles. The van der Waals surface area contributed by atoms with Crippen molar-refractivity contribution in [1.82, 2.24) is 0 Å². The van der Waals surface area contributed by atoms with Crippen LogP contribution in [0.15, 0.2) is 85.1 Å². The van der Waals surface area contributed by atoms with Gasteiger partial charge in [0.2, 0.25) is 0 Å². The van der Waals surface area contributed by atoms with E-state index in [0.717, 1.165) is 109 Å². The van der Waals surface area contributed by atoms with Crippen LogP contribution in [-0.2, 0) is 28.6 Å². The fourth-order valence-electron chi connectivity index (χ4n) is 8.03. The Kier molecular flexibility index (Phi) is 54.3. The molecule has 0 radical (unpaired) electrons. The smallest absolute Gasteiger partial charge is 0.306 e. The average molecular weight is 962 g/mol. The Hall–Kier alpha value is -3.41. The van der Waals surface area contributed by atoms with Gasteiger partial charge in [0.15, 0.2) is 6.10 Å². The monoisotopic (exact) mass is 961 g/mol. The fourth-order valence-corrected chi connectivity index (χ4v) is 8.03. The van der Waals surface area contributed by atoms with E-state index in [2.05, 4.69) is 106 Å². The van der Waals surface area contributed by atoms with Gasteiger partial charge >= 0.3 is 17.9 Å². The van der Waals surface area contributed by atoms with Crippen LogP contribution in [-0.4, -0.2) is 37.2 Å². The molecule has 0 N–H and O–H groups in total. The molecule has 0 aromatic rings. The van der Waals surface area contributed by atoms with Crippen LogP contribution in [0, 0.1) is 0 Å². The van der Waals surface area contributed by atoms with E-state index in [1.165, 1.54) is 128 Å². The van der Waals surface area contributed by atoms with Crippen LogP contribution in [0.5, 0.6) is 0 Å². The molecule has 69 heavy (non-hydrogen) atoms. The lowest BCUT2D eigenvalue weighted by Crippen LogP contribution is -2.30. The van der Waals surface area contributed by atoms with Crippen LogP contribution in [0.4, 0.5) is 0 Å². The number of hydrogen-bond acceptors (Lipinski definition) is 6. The number of esters is 3. The SMILES string of the molecule is CC/C=C\C/C=C\C/C=C\C/C=C\C/C=C\CCCCCC(=O)OC[C@@H](COC(=O)CCCCCCCCCCCCCCCCC)OC(=O)CCCCCCCCC/C=C\C/C=C\CCCCC. The van der Waals surface area contributed by atoms with Crippen molar-refractivity contribution in [3.63, 3.8) is 0 Å². The largest absolute Gasteiger partial charge is 0.462 e. The Morgan fingerprint density at radius 2 is 0.565 bits per heavy atom. The Morgan fingerprint density at radius 1 is 0.304 bits per heavy atom. The van der Waals surface area contributed by atoms with Gasteiger partial charge in [-0.05, 0) is 96.3 Å². The zero-order valence-electron chi connectivity index (χ0n) is 45.3. The number of allylic oxidation sites excluding steroid dienone is 14. The van der Waals surface area contributed by atoms with Crippen LogP contribution in [0.25, 0.3) is 0 Å². The summed E-state index contributed by atoms with van der Waals surface area (Å²) in [5.74, 6) is -0.922. The molecule has 0 aromatic carbocycles. The Labute approximate surface area is 426 Å². The fraction of sp³-hybridized carbons (Fsp3) is 0.730. The molecule has 0 rings (SSSR count). The van der Waals surface area contributed by atoms with Crippen molar-refractivity contribution in [2.75, 3.05) is 13.2 Å². The average Bonchev–Trinajstić information content (AvgIpc) is 3.35. The number of ether oxygens (including phenoxy) is 3. The van der Waals surface area contributed by atoms with E-state index in [-0.39, 0.29) is 31.1 Å². The lowest BCUT2D eigenvalue weighted by atomic mass is 10.0. The molecule has 0 fully saturated rings. The summed E-state index contributed by atoms with van der Waals surface area (Å²) in [7, 11) is 0. The normalized spacial score (nSPS) is 12.7. The molecule has 6 heteroatoms. The molecular weight excluding hydrogens is 853 g/mol. The van der Waals surface area contributed by atoms with Gasteiger partial charge in [-0.15, -0.1) is 0 Å². The topological polar surface area (TPSA) is 78.9 Å². The van der Waals surface area contributed by atoms with E-state index >= 15 is 0 Å². The van der Waals surface area contributed by atoms with Gasteiger partial charge in [0.25, 0.3) is 0 Å². The van der Waals surface area contributed by atoms with Gasteiger partial charge in [-0.3, -0.25) is 14.4 Å². The highest BCUT2D eigenvalue weighted by Crippen LogP contribution is 2.16. The molecule has 0 amide bonds. The Bertz CT molecular complexity index is 1330. The van der Waals surface area contributed by atoms with Gasteiger partial charge in [0, 0.05) is 19.3 Å². The van der Waals surface area contributed by atoms with Crippen molar-refractivity contribution in [2.45, 2.75) is 284 Å². The van der Waals surface area contributed by atoms with Gasteiger partial charge in [0.1, 0.15) is 13.2 Å². The van der Waals surface area contributed by atoms with Crippen molar-refractivity contribution in [3.8, 4) is 0 Å². The third kappa shape index (κ3) is 55.4. The zero-order chi connectivity index (χ0) is 50.0. The number of hydrogen-bond donors (Lipinski definition) is 0. The molecule has 0 spiro atoms. The molecule has 0 unspecified atom stereocenters. The lowest BCUT2D eigenvalue weighted by molar-refractivity contribution is -0.167. The first-order valence-electron chi connectivity index (χ1n) is 29.1. The van der Waals surface area contributed by atoms with E-state index in [1.807, 2.05) is 0 Å². The summed E-state index contributed by atoms with van der Waals surface area (Å²) in [4.78, 5) is 38.2. The van der Waals surface area contributed by atoms with Gasteiger partial charge in [-0.25, -0.2) is 0 Å². The summed E-state index contributed by atoms with van der Waals surface area (Å²) < 4.78 is 16.9. The van der Waals surface area contributed by atoms with Gasteiger partial charge < -0.3 is 14.2 Å². The highest BCUT2D eigenvalue weighted by molar-refractivity contribution is 5.71. The second kappa shape index (κ2) is 57.2. The molecule has 6 nitrogen and oxygen atoms in total. The summed E-state index contributed by atoms with van der Waals surface area (Å²) in [6.07, 6.45) is 74.2. The summed E-state index contributed by atoms with van der Waals surface area (Å²) >= 11 is 0. The van der Waals surface area contributed by atoms with E-state index < -0.39 is 6.10 Å². The van der Waals surface area contributed by atoms with Gasteiger partial charge in [0.05, 0.1) is 0 Å². The first-order valence-corrected chi connectivity index (χ1v) is 29.1. The number of unbranched alkanes of at least 4 members (excludes halogenated alkanes) is 27. The highest BCUT2D eigenvalue weighted by atomic mass is 16.6. The first-order chi connectivity index (χ1) is 34.0. The Balaban J connectivity index is 4.45. The Morgan fingerprint density at radius 3 is 0.928 bits per heavy atom. The van der Waals surface area contributed by atoms with E-state index in [4.69, 9.17) is 14.2 Å². The minimum Gasteiger partial charge on any atom is -0.462 e. The maximum Gasteiger partial charge on any atom is 0.306 e. The van der Waals surface area contributed by atoms with Gasteiger partial charge in [-0.1, -0.05) is 247 Å². The third-order valence-electron chi connectivity index (χ3n) is 12.4. The van der Waals surface area contributed by atoms with Crippen LogP contribution >= 0.6 is 0 Å². The maximum absolute atomic E-state index is 12.9. The molecule has 0 aliphatic carbocycles. The van der Waals surface area contributed by atoms with Crippen LogP contribution < -0.4 is 0 Å². The lowest BCUT2D eigenvalue weighted by Gasteiger charge is -2.18. The van der Waals surface area contributed by atoms with Crippen molar-refractivity contribution in [1.29, 1.82) is 0 Å². The van der Waals surface area contributed by atoms with E-state index in [1.54, 1.807) is 0 Å². The van der Waals surface area contributed by atoms with Crippen LogP contribution in [0.2, 0.25) is 0 Å². The second-order valence-electron chi connectivity index (χ2n) is 19.2. The minimum absolute atomic E-state index is 0.0885. The highest BCUT2D eigenvalue weighted by Gasteiger charge is 2.19. The second-order valence-corrected chi connectivity index (χ2v) is 19.2. The molecule has 0 aliphatic heterocycles. The number of carbonyl (C=O) groups excluding carboxylic acids is 3. The standard InChI is InChI=1S/C63H108O6/c1-4-7-10-13-16-19-22-25-28-30-31-33-35-38-41-44-47-50-53-56-62(65)68-59-60(58-67-61(64)55-52-49-46-43-40-37-34-27-24-21-18-15-12-9-6-3)69-63(66)57-54-51-48-45-42-39-36-32-29-26-23-20-17-14-11-8-5-2/h7,10,16-17,19-20,25-26,28-29,31,33,38,41,60H,4-6,8-9,11-15,18,21-24,27,30,32,34-37,39-40,42-59H2,1-3H3/b10-7-,19-16-,20-17-,28-25-,29-26-,33-31-,41-38-/t60-/m1/s1. The van der Waals surface area contributed by atoms with Crippen molar-refractivity contribution in [3.05, 3.63) is 85.1 Å². The molecule has 0 aromatic heterocycles. The van der Waals surface area contributed by atoms with Gasteiger partial charge in [-0.2, -0.15) is 0 Å². The molecule has 396 valence electrons. The maximum atomic E-state index is 12.9. The molecule has 1 atom stereocenters. The molecule has 0 heterocycles. The quantitative estimate of drug-likeness (QED) is 0.0262. The molecular formula is C63H108O6. The van der Waals surface area contributed by atoms with Crippen LogP contribution in [0.3, 0.4) is 0 Å². The summed E-state index contributed by atoms with van der Waals surface area (Å²) in [6, 6.07) is 0. The summed E-state index contributed by atoms with van der Waals surface area (Å²) in [5.41, 5.74) is 0. The number of carbonyl (C=O) groups is 3. The molecule has 0 aliphatic rings. The predicted octanol–water partition coefficient (Wildman–Crippen LogP) is 19.5. The minimum atomic E-state index is -0.794. The number of rotatable bonds is 52. The zero-order valence-corrected chi connectivity index (χ0v) is 45.3. The van der Waals surface area contributed by atoms with Crippen molar-refractivity contribution >= 4 is 17.9 Å². The van der Waals surface area contributed by atoms with Crippen molar-refractivity contribution < 1.29 is 28.6 Å². The summed E-state index contributed by atoms with van der Waals surface area (Å²) in [6.45, 7) is 6.49. The summed E-state index contributed by atoms with van der Waals surface area (Å²) in [5, 5.41) is 0. The van der Waals surface area contributed by atoms with E-state index in [9.17, 15) is 14.4 Å². The van der Waals surface area contributed by atoms with Crippen molar-refractivity contribution in [2.24, 2.45) is 0 Å². The van der Waals surface area contributed by atoms with Crippen LogP contribution in [0.1, 0.15) is 278 Å². The van der Waals surface area contributed by atoms with E-state index in [0.29, 0.717) is 19.3 Å². The first kappa shape index (κ1) is 65.6.